The number of halogens is 1. The van der Waals surface area contributed by atoms with Gasteiger partial charge in [-0.3, -0.25) is 9.69 Å². The molecule has 2 heterocycles. The second-order valence-corrected chi connectivity index (χ2v) is 8.42. The fraction of sp³-hybridized carbons (Fsp3) is 0.0455. The molecule has 3 aromatic rings. The molecule has 0 unspecified atom stereocenters. The number of benzene rings is 2. The molecule has 1 amide bonds. The average Bonchev–Trinajstić information content (AvgIpc) is 3.31. The number of amides is 1. The minimum absolute atomic E-state index is 0.0940. The summed E-state index contributed by atoms with van der Waals surface area (Å²) in [5, 5.41) is 3.84. The maximum absolute atomic E-state index is 12.9. The lowest BCUT2D eigenvalue weighted by atomic mass is 10.2. The summed E-state index contributed by atoms with van der Waals surface area (Å²) < 4.78 is 0. The summed E-state index contributed by atoms with van der Waals surface area (Å²) in [6.45, 7) is 4.15. The maximum atomic E-state index is 12.9. The molecule has 144 valence electrons. The van der Waals surface area contributed by atoms with Crippen molar-refractivity contribution in [3.05, 3.63) is 88.1 Å². The Morgan fingerprint density at radius 3 is 2.62 bits per heavy atom. The number of aromatic nitrogens is 1. The number of thioether (sulfide) groups is 1. The molecule has 0 radical (unpaired) electrons. The second kappa shape index (κ2) is 8.78. The fourth-order valence-electron chi connectivity index (χ4n) is 2.73. The zero-order valence-electron chi connectivity index (χ0n) is 15.3. The van der Waals surface area contributed by atoms with Gasteiger partial charge in [0.2, 0.25) is 5.13 Å². The largest absolute Gasteiger partial charge is 0.282 e. The average molecular weight is 438 g/mol. The predicted molar refractivity (Wildman–Crippen MR) is 124 cm³/mol. The molecule has 29 heavy (non-hydrogen) atoms. The zero-order valence-corrected chi connectivity index (χ0v) is 17.7. The molecule has 0 aliphatic carbocycles. The summed E-state index contributed by atoms with van der Waals surface area (Å²) in [5.41, 5.74) is 2.82. The number of rotatable bonds is 5. The van der Waals surface area contributed by atoms with E-state index in [0.717, 1.165) is 16.8 Å². The second-order valence-electron chi connectivity index (χ2n) is 6.14. The van der Waals surface area contributed by atoms with Gasteiger partial charge in [-0.05, 0) is 35.5 Å². The number of hydrogen-bond acceptors (Lipinski definition) is 5. The predicted octanol–water partition coefficient (Wildman–Crippen LogP) is 6.25. The van der Waals surface area contributed by atoms with Crippen molar-refractivity contribution >= 4 is 57.0 Å². The highest BCUT2D eigenvalue weighted by atomic mass is 35.5. The first kappa shape index (κ1) is 19.6. The van der Waals surface area contributed by atoms with E-state index in [0.29, 0.717) is 26.8 Å². The lowest BCUT2D eigenvalue weighted by Gasteiger charge is -2.11. The van der Waals surface area contributed by atoms with Gasteiger partial charge in [-0.2, -0.15) is 4.99 Å². The SMILES string of the molecule is C=CCN1C(=O)/C(=C/c2ccc(Cl)cc2)S/C1=N/c1nc(-c2ccccc2)cs1. The molecule has 0 spiro atoms. The third-order valence-corrected chi connectivity index (χ3v) is 6.11. The van der Waals surface area contributed by atoms with Crippen molar-refractivity contribution in [3.8, 4) is 11.3 Å². The van der Waals surface area contributed by atoms with Crippen LogP contribution in [0.1, 0.15) is 5.56 Å². The zero-order chi connectivity index (χ0) is 20.2. The van der Waals surface area contributed by atoms with E-state index in [-0.39, 0.29) is 5.91 Å². The summed E-state index contributed by atoms with van der Waals surface area (Å²) in [7, 11) is 0. The molecule has 4 rings (SSSR count). The molecule has 0 N–H and O–H groups in total. The number of amidine groups is 1. The number of carbonyl (C=O) groups is 1. The van der Waals surface area contributed by atoms with Crippen LogP contribution >= 0.6 is 34.7 Å². The normalized spacial score (nSPS) is 16.7. The highest BCUT2D eigenvalue weighted by Crippen LogP contribution is 2.35. The Morgan fingerprint density at radius 2 is 1.90 bits per heavy atom. The quantitative estimate of drug-likeness (QED) is 0.350. The van der Waals surface area contributed by atoms with Crippen LogP contribution in [0.5, 0.6) is 0 Å². The van der Waals surface area contributed by atoms with Crippen molar-refractivity contribution in [2.75, 3.05) is 6.54 Å². The molecule has 1 aliphatic heterocycles. The van der Waals surface area contributed by atoms with Gasteiger partial charge in [0.1, 0.15) is 0 Å². The Morgan fingerprint density at radius 1 is 1.14 bits per heavy atom. The van der Waals surface area contributed by atoms with Crippen LogP contribution in [0.25, 0.3) is 17.3 Å². The third-order valence-electron chi connectivity index (χ3n) is 4.12. The van der Waals surface area contributed by atoms with Crippen LogP contribution in [0.3, 0.4) is 0 Å². The number of thiazole rings is 1. The monoisotopic (exact) mass is 437 g/mol. The molecule has 0 bridgehead atoms. The Kier molecular flexibility index (Phi) is 5.94. The molecule has 1 saturated heterocycles. The molecule has 1 aromatic heterocycles. The van der Waals surface area contributed by atoms with Gasteiger partial charge < -0.3 is 0 Å². The van der Waals surface area contributed by atoms with Crippen molar-refractivity contribution in [2.45, 2.75) is 0 Å². The molecule has 0 atom stereocenters. The first-order chi connectivity index (χ1) is 14.1. The van der Waals surface area contributed by atoms with Crippen LogP contribution in [0, 0.1) is 0 Å². The van der Waals surface area contributed by atoms with Gasteiger partial charge in [-0.25, -0.2) is 4.98 Å². The van der Waals surface area contributed by atoms with E-state index in [1.165, 1.54) is 23.1 Å². The van der Waals surface area contributed by atoms with Crippen LogP contribution in [-0.4, -0.2) is 27.5 Å². The van der Waals surface area contributed by atoms with Crippen molar-refractivity contribution < 1.29 is 4.79 Å². The maximum Gasteiger partial charge on any atom is 0.267 e. The highest BCUT2D eigenvalue weighted by Gasteiger charge is 2.32. The lowest BCUT2D eigenvalue weighted by molar-refractivity contribution is -0.121. The van der Waals surface area contributed by atoms with Gasteiger partial charge in [0.25, 0.3) is 5.91 Å². The van der Waals surface area contributed by atoms with Gasteiger partial charge >= 0.3 is 0 Å². The molecule has 1 aliphatic rings. The van der Waals surface area contributed by atoms with E-state index in [2.05, 4.69) is 16.6 Å². The molecule has 7 heteroatoms. The van der Waals surface area contributed by atoms with Crippen molar-refractivity contribution in [3.63, 3.8) is 0 Å². The standard InChI is InChI=1S/C22H16ClN3OS2/c1-2-12-26-20(27)19(13-15-8-10-17(23)11-9-15)29-22(26)25-21-24-18(14-28-21)16-6-4-3-5-7-16/h2-11,13-14H,1,12H2/b19-13-,25-22+. The molecule has 1 fully saturated rings. The minimum atomic E-state index is -0.0940. The van der Waals surface area contributed by atoms with Crippen LogP contribution < -0.4 is 0 Å². The summed E-state index contributed by atoms with van der Waals surface area (Å²) in [6.07, 6.45) is 3.54. The van der Waals surface area contributed by atoms with Gasteiger partial charge in [0.05, 0.1) is 10.6 Å². The number of nitrogens with zero attached hydrogens (tertiary/aromatic N) is 3. The Bertz CT molecular complexity index is 1100. The Labute approximate surface area is 182 Å². The van der Waals surface area contributed by atoms with Crippen LogP contribution in [-0.2, 0) is 4.79 Å². The first-order valence-electron chi connectivity index (χ1n) is 8.81. The lowest BCUT2D eigenvalue weighted by Crippen LogP contribution is -2.29. The summed E-state index contributed by atoms with van der Waals surface area (Å²) in [5.74, 6) is -0.0940. The number of carbonyl (C=O) groups excluding carboxylic acids is 1. The number of aliphatic imine (C=N–C) groups is 1. The van der Waals surface area contributed by atoms with Crippen molar-refractivity contribution in [1.29, 1.82) is 0 Å². The molecule has 0 saturated carbocycles. The van der Waals surface area contributed by atoms with E-state index in [1.54, 1.807) is 23.1 Å². The van der Waals surface area contributed by atoms with Gasteiger partial charge in [-0.15, -0.1) is 17.9 Å². The van der Waals surface area contributed by atoms with Gasteiger partial charge in [-0.1, -0.05) is 60.1 Å². The van der Waals surface area contributed by atoms with Crippen LogP contribution in [0.2, 0.25) is 5.02 Å². The number of hydrogen-bond donors (Lipinski definition) is 0. The molecular formula is C22H16ClN3OS2. The Hall–Kier alpha value is -2.67. The van der Waals surface area contributed by atoms with Crippen molar-refractivity contribution in [1.82, 2.24) is 9.88 Å². The fourth-order valence-corrected chi connectivity index (χ4v) is 4.60. The Balaban J connectivity index is 1.63. The highest BCUT2D eigenvalue weighted by molar-refractivity contribution is 8.18. The minimum Gasteiger partial charge on any atom is -0.282 e. The summed E-state index contributed by atoms with van der Waals surface area (Å²) in [6, 6.07) is 17.3. The van der Waals surface area contributed by atoms with E-state index in [9.17, 15) is 4.79 Å². The smallest absolute Gasteiger partial charge is 0.267 e. The van der Waals surface area contributed by atoms with E-state index in [4.69, 9.17) is 11.6 Å². The van der Waals surface area contributed by atoms with Crippen LogP contribution in [0.4, 0.5) is 5.13 Å². The van der Waals surface area contributed by atoms with Crippen molar-refractivity contribution in [2.24, 2.45) is 4.99 Å². The van der Waals surface area contributed by atoms with Crippen LogP contribution in [0.15, 0.2) is 82.5 Å². The topological polar surface area (TPSA) is 45.6 Å². The molecule has 2 aromatic carbocycles. The van der Waals surface area contributed by atoms with E-state index >= 15 is 0 Å². The van der Waals surface area contributed by atoms with Gasteiger partial charge in [0.15, 0.2) is 5.17 Å². The third kappa shape index (κ3) is 4.50. The van der Waals surface area contributed by atoms with Gasteiger partial charge in [0, 0.05) is 22.5 Å². The molecule has 4 nitrogen and oxygen atoms in total. The molecular weight excluding hydrogens is 422 g/mol. The van der Waals surface area contributed by atoms with E-state index < -0.39 is 0 Å². The van der Waals surface area contributed by atoms with E-state index in [1.807, 2.05) is 53.9 Å². The summed E-state index contributed by atoms with van der Waals surface area (Å²) >= 11 is 8.73. The first-order valence-corrected chi connectivity index (χ1v) is 10.9. The summed E-state index contributed by atoms with van der Waals surface area (Å²) in [4.78, 5) is 24.3.